The summed E-state index contributed by atoms with van der Waals surface area (Å²) in [4.78, 5) is 15.5. The van der Waals surface area contributed by atoms with Crippen LogP contribution in [0.2, 0.25) is 0 Å². The summed E-state index contributed by atoms with van der Waals surface area (Å²) in [6.07, 6.45) is 0. The molecule has 1 heterocycles. The number of amides is 2. The Kier molecular flexibility index (Phi) is 4.05. The van der Waals surface area contributed by atoms with Gasteiger partial charge >= 0.3 is 6.03 Å². The molecule has 82 valence electrons. The van der Waals surface area contributed by atoms with Crippen molar-refractivity contribution >= 4 is 11.8 Å². The second kappa shape index (κ2) is 5.31. The van der Waals surface area contributed by atoms with Gasteiger partial charge in [-0.2, -0.15) is 0 Å². The molecule has 0 saturated heterocycles. The van der Waals surface area contributed by atoms with Crippen LogP contribution in [0.15, 0.2) is 18.2 Å². The zero-order chi connectivity index (χ0) is 11.3. The van der Waals surface area contributed by atoms with Crippen LogP contribution < -0.4 is 16.4 Å². The average Bonchev–Trinajstić information content (AvgIpc) is 2.16. The molecular formula is C10H16N4O. The van der Waals surface area contributed by atoms with Crippen molar-refractivity contribution in [3.05, 3.63) is 23.9 Å². The smallest absolute Gasteiger partial charge is 0.320 e. The highest BCUT2D eigenvalue weighted by atomic mass is 16.2. The molecule has 0 bridgehead atoms. The van der Waals surface area contributed by atoms with Crippen LogP contribution in [0.4, 0.5) is 10.6 Å². The topological polar surface area (TPSA) is 80.0 Å². The number of aromatic nitrogens is 1. The van der Waals surface area contributed by atoms with Gasteiger partial charge in [0, 0.05) is 12.6 Å². The zero-order valence-electron chi connectivity index (χ0n) is 8.95. The van der Waals surface area contributed by atoms with Gasteiger partial charge < -0.3 is 11.1 Å². The van der Waals surface area contributed by atoms with E-state index >= 15 is 0 Å². The number of hydrogen-bond donors (Lipinski definition) is 3. The molecule has 0 aliphatic carbocycles. The van der Waals surface area contributed by atoms with E-state index < -0.39 is 0 Å². The number of pyridine rings is 1. The summed E-state index contributed by atoms with van der Waals surface area (Å²) in [5, 5.41) is 5.34. The van der Waals surface area contributed by atoms with E-state index in [1.54, 1.807) is 12.1 Å². The summed E-state index contributed by atoms with van der Waals surface area (Å²) in [7, 11) is 0. The Labute approximate surface area is 89.1 Å². The number of carbonyl (C=O) groups is 1. The molecule has 0 aliphatic rings. The van der Waals surface area contributed by atoms with Crippen molar-refractivity contribution in [1.29, 1.82) is 0 Å². The molecule has 4 N–H and O–H groups in total. The van der Waals surface area contributed by atoms with Gasteiger partial charge in [0.1, 0.15) is 5.82 Å². The lowest BCUT2D eigenvalue weighted by molar-refractivity contribution is 0.250. The molecule has 0 unspecified atom stereocenters. The highest BCUT2D eigenvalue weighted by Gasteiger charge is 2.03. The minimum Gasteiger partial charge on any atom is -0.336 e. The molecule has 2 amide bonds. The van der Waals surface area contributed by atoms with Crippen LogP contribution in [-0.4, -0.2) is 17.1 Å². The van der Waals surface area contributed by atoms with Crippen LogP contribution in [0, 0.1) is 0 Å². The van der Waals surface area contributed by atoms with E-state index in [1.807, 2.05) is 19.9 Å². The van der Waals surface area contributed by atoms with Crippen LogP contribution in [0.1, 0.15) is 19.5 Å². The molecule has 1 aromatic rings. The molecule has 0 saturated carbocycles. The molecule has 5 nitrogen and oxygen atoms in total. The van der Waals surface area contributed by atoms with Gasteiger partial charge in [-0.3, -0.25) is 5.32 Å². The second-order valence-corrected chi connectivity index (χ2v) is 3.47. The van der Waals surface area contributed by atoms with Gasteiger partial charge in [-0.15, -0.1) is 0 Å². The summed E-state index contributed by atoms with van der Waals surface area (Å²) < 4.78 is 0. The molecular weight excluding hydrogens is 192 g/mol. The quantitative estimate of drug-likeness (QED) is 0.695. The van der Waals surface area contributed by atoms with E-state index in [9.17, 15) is 4.79 Å². The molecule has 0 atom stereocenters. The highest BCUT2D eigenvalue weighted by Crippen LogP contribution is 2.03. The van der Waals surface area contributed by atoms with E-state index in [-0.39, 0.29) is 12.1 Å². The lowest BCUT2D eigenvalue weighted by Crippen LogP contribution is -2.34. The summed E-state index contributed by atoms with van der Waals surface area (Å²) in [5.41, 5.74) is 6.19. The van der Waals surface area contributed by atoms with Crippen LogP contribution in [0.25, 0.3) is 0 Å². The predicted molar refractivity (Wildman–Crippen MR) is 59.4 cm³/mol. The van der Waals surface area contributed by atoms with E-state index in [0.717, 1.165) is 5.69 Å². The Morgan fingerprint density at radius 1 is 1.53 bits per heavy atom. The Balaban J connectivity index is 2.60. The summed E-state index contributed by atoms with van der Waals surface area (Å²) in [6.45, 7) is 4.15. The Morgan fingerprint density at radius 2 is 2.27 bits per heavy atom. The number of urea groups is 1. The van der Waals surface area contributed by atoms with Crippen molar-refractivity contribution < 1.29 is 4.79 Å². The van der Waals surface area contributed by atoms with E-state index in [0.29, 0.717) is 12.4 Å². The third-order valence-corrected chi connectivity index (χ3v) is 1.68. The number of rotatable bonds is 3. The van der Waals surface area contributed by atoms with E-state index in [1.165, 1.54) is 0 Å². The third-order valence-electron chi connectivity index (χ3n) is 1.68. The lowest BCUT2D eigenvalue weighted by Gasteiger charge is -2.09. The predicted octanol–water partition coefficient (Wildman–Crippen LogP) is 1.07. The van der Waals surface area contributed by atoms with Gasteiger partial charge in [-0.05, 0) is 26.0 Å². The molecule has 5 heteroatoms. The molecule has 0 aromatic carbocycles. The number of anilines is 1. The first-order valence-electron chi connectivity index (χ1n) is 4.85. The highest BCUT2D eigenvalue weighted by molar-refractivity contribution is 5.88. The SMILES string of the molecule is CC(C)NC(=O)Nc1cccc(CN)n1. The zero-order valence-corrected chi connectivity index (χ0v) is 8.95. The Bertz CT molecular complexity index is 338. The largest absolute Gasteiger partial charge is 0.336 e. The van der Waals surface area contributed by atoms with E-state index in [2.05, 4.69) is 15.6 Å². The first kappa shape index (κ1) is 11.5. The van der Waals surface area contributed by atoms with E-state index in [4.69, 9.17) is 5.73 Å². The van der Waals surface area contributed by atoms with Crippen molar-refractivity contribution in [3.8, 4) is 0 Å². The van der Waals surface area contributed by atoms with Gasteiger partial charge in [-0.1, -0.05) is 6.07 Å². The monoisotopic (exact) mass is 208 g/mol. The van der Waals surface area contributed by atoms with Crippen molar-refractivity contribution in [1.82, 2.24) is 10.3 Å². The first-order chi connectivity index (χ1) is 7.11. The fourth-order valence-corrected chi connectivity index (χ4v) is 1.08. The molecule has 1 aromatic heterocycles. The van der Waals surface area contributed by atoms with Gasteiger partial charge in [0.05, 0.1) is 5.69 Å². The third kappa shape index (κ3) is 3.95. The normalized spacial score (nSPS) is 10.1. The maximum Gasteiger partial charge on any atom is 0.320 e. The maximum absolute atomic E-state index is 11.3. The number of nitrogens with two attached hydrogens (primary N) is 1. The van der Waals surface area contributed by atoms with Crippen molar-refractivity contribution in [2.24, 2.45) is 5.73 Å². The molecule has 0 radical (unpaired) electrons. The van der Waals surface area contributed by atoms with Crippen molar-refractivity contribution in [3.63, 3.8) is 0 Å². The molecule has 0 spiro atoms. The summed E-state index contributed by atoms with van der Waals surface area (Å²) >= 11 is 0. The lowest BCUT2D eigenvalue weighted by atomic mass is 10.3. The molecule has 0 aliphatic heterocycles. The fourth-order valence-electron chi connectivity index (χ4n) is 1.08. The Hall–Kier alpha value is -1.62. The maximum atomic E-state index is 11.3. The van der Waals surface area contributed by atoms with Crippen LogP contribution in [0.5, 0.6) is 0 Å². The number of carbonyl (C=O) groups excluding carboxylic acids is 1. The standard InChI is InChI=1S/C10H16N4O/c1-7(2)12-10(15)14-9-5-3-4-8(6-11)13-9/h3-5,7H,6,11H2,1-2H3,(H2,12,13,14,15). The molecule has 15 heavy (non-hydrogen) atoms. The Morgan fingerprint density at radius 3 is 2.87 bits per heavy atom. The van der Waals surface area contributed by atoms with Crippen molar-refractivity contribution in [2.45, 2.75) is 26.4 Å². The number of hydrogen-bond acceptors (Lipinski definition) is 3. The number of nitrogens with zero attached hydrogens (tertiary/aromatic N) is 1. The van der Waals surface area contributed by atoms with Crippen molar-refractivity contribution in [2.75, 3.05) is 5.32 Å². The van der Waals surface area contributed by atoms with Gasteiger partial charge in [-0.25, -0.2) is 9.78 Å². The first-order valence-corrected chi connectivity index (χ1v) is 4.85. The minimum absolute atomic E-state index is 0.0997. The summed E-state index contributed by atoms with van der Waals surface area (Å²) in [6, 6.07) is 5.18. The van der Waals surface area contributed by atoms with Crippen LogP contribution >= 0.6 is 0 Å². The molecule has 1 rings (SSSR count). The summed E-state index contributed by atoms with van der Waals surface area (Å²) in [5.74, 6) is 0.510. The second-order valence-electron chi connectivity index (χ2n) is 3.47. The number of nitrogens with one attached hydrogen (secondary N) is 2. The minimum atomic E-state index is -0.258. The van der Waals surface area contributed by atoms with Crippen LogP contribution in [0.3, 0.4) is 0 Å². The molecule has 0 fully saturated rings. The van der Waals surface area contributed by atoms with Gasteiger partial charge in [0.15, 0.2) is 0 Å². The fraction of sp³-hybridized carbons (Fsp3) is 0.400. The van der Waals surface area contributed by atoms with Crippen LogP contribution in [-0.2, 0) is 6.54 Å². The van der Waals surface area contributed by atoms with Gasteiger partial charge in [0.2, 0.25) is 0 Å². The van der Waals surface area contributed by atoms with Gasteiger partial charge in [0.25, 0.3) is 0 Å². The average molecular weight is 208 g/mol.